The Bertz CT molecular complexity index is 567. The highest BCUT2D eigenvalue weighted by atomic mass is 16.1. The summed E-state index contributed by atoms with van der Waals surface area (Å²) in [6, 6.07) is 9.64. The largest absolute Gasteiger partial charge is 0.352 e. The average molecular weight is 257 g/mol. The van der Waals surface area contributed by atoms with Crippen LogP contribution in [0.2, 0.25) is 0 Å². The first-order valence-electron chi connectivity index (χ1n) is 6.41. The van der Waals surface area contributed by atoms with E-state index in [-0.39, 0.29) is 5.91 Å². The van der Waals surface area contributed by atoms with E-state index < -0.39 is 0 Å². The molecule has 0 saturated heterocycles. The zero-order valence-electron chi connectivity index (χ0n) is 11.6. The number of nitrogens with zero attached hydrogens (tertiary/aromatic N) is 2. The molecular weight excluding hydrogens is 238 g/mol. The molecule has 0 atom stereocenters. The minimum atomic E-state index is -0.0225. The van der Waals surface area contributed by atoms with Crippen LogP contribution < -0.4 is 5.32 Å². The molecule has 0 saturated carbocycles. The third-order valence-electron chi connectivity index (χ3n) is 3.22. The maximum atomic E-state index is 12.0. The normalized spacial score (nSPS) is 10.5. The van der Waals surface area contributed by atoms with Gasteiger partial charge in [-0.15, -0.1) is 0 Å². The molecule has 4 heteroatoms. The molecule has 0 spiro atoms. The Kier molecular flexibility index (Phi) is 4.00. The van der Waals surface area contributed by atoms with Crippen molar-refractivity contribution in [1.82, 2.24) is 15.1 Å². The van der Waals surface area contributed by atoms with Crippen molar-refractivity contribution in [1.29, 1.82) is 0 Å². The lowest BCUT2D eigenvalue weighted by molar-refractivity contribution is 0.0953. The molecule has 0 bridgehead atoms. The molecule has 0 radical (unpaired) electrons. The van der Waals surface area contributed by atoms with Gasteiger partial charge in [0.1, 0.15) is 0 Å². The first-order valence-corrected chi connectivity index (χ1v) is 6.41. The van der Waals surface area contributed by atoms with Gasteiger partial charge in [-0.05, 0) is 31.5 Å². The predicted octanol–water partition coefficient (Wildman–Crippen LogP) is 2.01. The maximum Gasteiger partial charge on any atom is 0.251 e. The molecule has 2 aromatic rings. The summed E-state index contributed by atoms with van der Waals surface area (Å²) in [5.74, 6) is -0.0225. The molecule has 1 aromatic carbocycles. The Hall–Kier alpha value is -2.10. The van der Waals surface area contributed by atoms with Crippen LogP contribution in [-0.4, -0.2) is 22.2 Å². The van der Waals surface area contributed by atoms with Gasteiger partial charge in [0, 0.05) is 31.3 Å². The van der Waals surface area contributed by atoms with Crippen LogP contribution in [0.25, 0.3) is 0 Å². The molecule has 100 valence electrons. The van der Waals surface area contributed by atoms with Gasteiger partial charge >= 0.3 is 0 Å². The van der Waals surface area contributed by atoms with Crippen LogP contribution in [0, 0.1) is 13.8 Å². The molecule has 2 rings (SSSR count). The minimum absolute atomic E-state index is 0.0225. The van der Waals surface area contributed by atoms with E-state index in [0.29, 0.717) is 6.54 Å². The van der Waals surface area contributed by atoms with Gasteiger partial charge in [0.25, 0.3) is 5.91 Å². The standard InChI is InChI=1S/C15H19N3O/c1-11-6-4-5-7-14(11)15(19)16-9-8-13-10-12(2)18(3)17-13/h4-7,10H,8-9H2,1-3H3,(H,16,19). The smallest absolute Gasteiger partial charge is 0.251 e. The third-order valence-corrected chi connectivity index (χ3v) is 3.22. The summed E-state index contributed by atoms with van der Waals surface area (Å²) >= 11 is 0. The second-order valence-corrected chi connectivity index (χ2v) is 4.72. The summed E-state index contributed by atoms with van der Waals surface area (Å²) in [6.07, 6.45) is 0.749. The van der Waals surface area contributed by atoms with Crippen molar-refractivity contribution in [2.24, 2.45) is 7.05 Å². The lowest BCUT2D eigenvalue weighted by atomic mass is 10.1. The summed E-state index contributed by atoms with van der Waals surface area (Å²) in [4.78, 5) is 12.0. The van der Waals surface area contributed by atoms with Crippen LogP contribution in [0.1, 0.15) is 27.3 Å². The fraction of sp³-hybridized carbons (Fsp3) is 0.333. The molecule has 1 aromatic heterocycles. The molecule has 1 N–H and O–H groups in total. The minimum Gasteiger partial charge on any atom is -0.352 e. The van der Waals surface area contributed by atoms with Gasteiger partial charge in [-0.3, -0.25) is 9.48 Å². The zero-order valence-corrected chi connectivity index (χ0v) is 11.6. The Balaban J connectivity index is 1.89. The van der Waals surface area contributed by atoms with E-state index in [4.69, 9.17) is 0 Å². The summed E-state index contributed by atoms with van der Waals surface area (Å²) < 4.78 is 1.85. The zero-order chi connectivity index (χ0) is 13.8. The van der Waals surface area contributed by atoms with Crippen molar-refractivity contribution >= 4 is 5.91 Å². The Labute approximate surface area is 113 Å². The molecule has 1 amide bonds. The topological polar surface area (TPSA) is 46.9 Å². The van der Waals surface area contributed by atoms with E-state index in [9.17, 15) is 4.79 Å². The summed E-state index contributed by atoms with van der Waals surface area (Å²) in [7, 11) is 1.92. The van der Waals surface area contributed by atoms with Crippen molar-refractivity contribution < 1.29 is 4.79 Å². The van der Waals surface area contributed by atoms with E-state index in [0.717, 1.165) is 28.9 Å². The first kappa shape index (κ1) is 13.3. The molecular formula is C15H19N3O. The molecule has 0 aliphatic carbocycles. The monoisotopic (exact) mass is 257 g/mol. The number of amides is 1. The lowest BCUT2D eigenvalue weighted by Crippen LogP contribution is -2.26. The van der Waals surface area contributed by atoms with Gasteiger partial charge in [-0.1, -0.05) is 18.2 Å². The maximum absolute atomic E-state index is 12.0. The van der Waals surface area contributed by atoms with Crippen molar-refractivity contribution in [3.8, 4) is 0 Å². The number of carbonyl (C=O) groups excluding carboxylic acids is 1. The Morgan fingerprint density at radius 1 is 1.32 bits per heavy atom. The molecule has 4 nitrogen and oxygen atoms in total. The van der Waals surface area contributed by atoms with E-state index >= 15 is 0 Å². The number of hydrogen-bond acceptors (Lipinski definition) is 2. The summed E-state index contributed by atoms with van der Waals surface area (Å²) in [5.41, 5.74) is 3.86. The number of aryl methyl sites for hydroxylation is 3. The quantitative estimate of drug-likeness (QED) is 0.910. The summed E-state index contributed by atoms with van der Waals surface area (Å²) in [6.45, 7) is 4.56. The number of aromatic nitrogens is 2. The molecule has 1 heterocycles. The highest BCUT2D eigenvalue weighted by Crippen LogP contribution is 2.06. The van der Waals surface area contributed by atoms with Crippen molar-refractivity contribution in [3.05, 3.63) is 52.8 Å². The van der Waals surface area contributed by atoms with Gasteiger partial charge in [-0.25, -0.2) is 0 Å². The van der Waals surface area contributed by atoms with E-state index in [1.54, 1.807) is 0 Å². The van der Waals surface area contributed by atoms with Crippen LogP contribution >= 0.6 is 0 Å². The SMILES string of the molecule is Cc1ccccc1C(=O)NCCc1cc(C)n(C)n1. The second-order valence-electron chi connectivity index (χ2n) is 4.72. The van der Waals surface area contributed by atoms with Crippen LogP contribution in [0.4, 0.5) is 0 Å². The van der Waals surface area contributed by atoms with Crippen LogP contribution in [0.15, 0.2) is 30.3 Å². The van der Waals surface area contributed by atoms with E-state index in [2.05, 4.69) is 10.4 Å². The first-order chi connectivity index (χ1) is 9.08. The average Bonchev–Trinajstić information content (AvgIpc) is 2.69. The lowest BCUT2D eigenvalue weighted by Gasteiger charge is -2.06. The molecule has 19 heavy (non-hydrogen) atoms. The van der Waals surface area contributed by atoms with Crippen LogP contribution in [0.3, 0.4) is 0 Å². The molecule has 0 aliphatic heterocycles. The van der Waals surface area contributed by atoms with Crippen molar-refractivity contribution in [3.63, 3.8) is 0 Å². The Morgan fingerprint density at radius 3 is 2.68 bits per heavy atom. The van der Waals surface area contributed by atoms with Crippen molar-refractivity contribution in [2.45, 2.75) is 20.3 Å². The number of nitrogens with one attached hydrogen (secondary N) is 1. The number of carbonyl (C=O) groups is 1. The van der Waals surface area contributed by atoms with Crippen molar-refractivity contribution in [2.75, 3.05) is 6.54 Å². The number of benzene rings is 1. The van der Waals surface area contributed by atoms with Gasteiger partial charge in [0.2, 0.25) is 0 Å². The molecule has 0 unspecified atom stereocenters. The summed E-state index contributed by atoms with van der Waals surface area (Å²) in [5, 5.41) is 7.29. The fourth-order valence-electron chi connectivity index (χ4n) is 1.98. The third kappa shape index (κ3) is 3.22. The molecule has 0 aliphatic rings. The number of rotatable bonds is 4. The molecule has 0 fully saturated rings. The van der Waals surface area contributed by atoms with E-state index in [1.807, 2.05) is 55.9 Å². The Morgan fingerprint density at radius 2 is 2.05 bits per heavy atom. The second kappa shape index (κ2) is 5.69. The van der Waals surface area contributed by atoms with Gasteiger partial charge in [-0.2, -0.15) is 5.10 Å². The van der Waals surface area contributed by atoms with Gasteiger partial charge in [0.05, 0.1) is 5.69 Å². The predicted molar refractivity (Wildman–Crippen MR) is 75.2 cm³/mol. The van der Waals surface area contributed by atoms with Gasteiger partial charge in [0.15, 0.2) is 0 Å². The van der Waals surface area contributed by atoms with Crippen LogP contribution in [0.5, 0.6) is 0 Å². The van der Waals surface area contributed by atoms with Crippen LogP contribution in [-0.2, 0) is 13.5 Å². The van der Waals surface area contributed by atoms with E-state index in [1.165, 1.54) is 0 Å². The highest BCUT2D eigenvalue weighted by molar-refractivity contribution is 5.95. The fourth-order valence-corrected chi connectivity index (χ4v) is 1.98. The van der Waals surface area contributed by atoms with Gasteiger partial charge < -0.3 is 5.32 Å². The highest BCUT2D eigenvalue weighted by Gasteiger charge is 2.08. The number of hydrogen-bond donors (Lipinski definition) is 1.